The highest BCUT2D eigenvalue weighted by atomic mass is 35.5. The molecule has 3 unspecified atom stereocenters. The fourth-order valence-electron chi connectivity index (χ4n) is 6.08. The maximum atomic E-state index is 13.6. The maximum absolute atomic E-state index is 13.6. The summed E-state index contributed by atoms with van der Waals surface area (Å²) in [6, 6.07) is 20.7. The molecule has 2 aliphatic rings. The maximum Gasteiger partial charge on any atom is 0.326 e. The molecule has 2 N–H and O–H groups in total. The summed E-state index contributed by atoms with van der Waals surface area (Å²) < 4.78 is 51.1. The number of benzene rings is 4. The summed E-state index contributed by atoms with van der Waals surface area (Å²) >= 11 is 12.1. The molecule has 0 radical (unpaired) electrons. The highest BCUT2D eigenvalue weighted by molar-refractivity contribution is 7.88. The van der Waals surface area contributed by atoms with E-state index >= 15 is 0 Å². The molecule has 4 aromatic carbocycles. The van der Waals surface area contributed by atoms with Gasteiger partial charge in [-0.05, 0) is 103 Å². The lowest BCUT2D eigenvalue weighted by Gasteiger charge is -2.36. The molecule has 0 spiro atoms. The minimum atomic E-state index is -3.89. The standard InChI is InChI=1S/C39H38Cl2N2O9S/c1-4-23(2)51-30-10-5-24(6-11-30)16-33(39(45)46)42-38(44)34-17-27-18-35-36(19-28(27)20-43(34)53(3,47)48)52-37(22-50-35)26-8-12-29(13-9-26)49-21-25-7-14-31(40)32(41)15-25/h4-15,18-19,33-34,37H,16-17,20-22H2,1-3H3,(H,42,44)(H,45,46). The molecular weight excluding hydrogens is 743 g/mol. The molecule has 0 bridgehead atoms. The van der Waals surface area contributed by atoms with E-state index in [4.69, 9.17) is 42.1 Å². The van der Waals surface area contributed by atoms with Crippen molar-refractivity contribution in [1.82, 2.24) is 9.62 Å². The number of hydrogen-bond acceptors (Lipinski definition) is 8. The van der Waals surface area contributed by atoms with Gasteiger partial charge < -0.3 is 29.4 Å². The van der Waals surface area contributed by atoms with Crippen molar-refractivity contribution in [3.8, 4) is 23.0 Å². The van der Waals surface area contributed by atoms with Gasteiger partial charge in [-0.15, -0.1) is 0 Å². The van der Waals surface area contributed by atoms with Crippen molar-refractivity contribution in [3.63, 3.8) is 0 Å². The lowest BCUT2D eigenvalue weighted by atomic mass is 9.94. The van der Waals surface area contributed by atoms with Gasteiger partial charge in [-0.3, -0.25) is 4.79 Å². The number of amides is 1. The van der Waals surface area contributed by atoms with E-state index in [-0.39, 0.29) is 26.0 Å². The third-order valence-corrected chi connectivity index (χ3v) is 11.0. The average molecular weight is 782 g/mol. The first-order valence-corrected chi connectivity index (χ1v) is 19.4. The normalized spacial score (nSPS) is 17.7. The topological polar surface area (TPSA) is 141 Å². The van der Waals surface area contributed by atoms with E-state index in [0.717, 1.165) is 21.7 Å². The van der Waals surface area contributed by atoms with Gasteiger partial charge in [0.05, 0.1) is 22.1 Å². The van der Waals surface area contributed by atoms with E-state index in [2.05, 4.69) is 5.32 Å². The van der Waals surface area contributed by atoms with Crippen LogP contribution in [-0.2, 0) is 45.6 Å². The quantitative estimate of drug-likeness (QED) is 0.147. The first-order valence-electron chi connectivity index (χ1n) is 16.8. The number of carbonyl (C=O) groups excluding carboxylic acids is 1. The van der Waals surface area contributed by atoms with E-state index in [1.807, 2.05) is 50.3 Å². The van der Waals surface area contributed by atoms with E-state index in [1.54, 1.807) is 48.5 Å². The van der Waals surface area contributed by atoms with E-state index in [9.17, 15) is 23.1 Å². The Hall–Kier alpha value is -4.75. The van der Waals surface area contributed by atoms with Crippen LogP contribution in [0.25, 0.3) is 0 Å². The molecule has 0 saturated carbocycles. The number of hydrogen-bond donors (Lipinski definition) is 2. The average Bonchev–Trinajstić information content (AvgIpc) is 3.13. The number of nitrogens with one attached hydrogen (secondary N) is 1. The Morgan fingerprint density at radius 1 is 0.962 bits per heavy atom. The summed E-state index contributed by atoms with van der Waals surface area (Å²) in [4.78, 5) is 25.9. The predicted molar refractivity (Wildman–Crippen MR) is 200 cm³/mol. The van der Waals surface area contributed by atoms with Gasteiger partial charge in [0.15, 0.2) is 17.6 Å². The zero-order valence-corrected chi connectivity index (χ0v) is 31.5. The Labute approximate surface area is 318 Å². The Morgan fingerprint density at radius 3 is 2.30 bits per heavy atom. The summed E-state index contributed by atoms with van der Waals surface area (Å²) in [5, 5.41) is 13.5. The SMILES string of the molecule is CC=C(C)Oc1ccc(CC(NC(=O)C2Cc3cc4c(cc3CN2S(C)(=O)=O)OC(c2ccc(OCc3ccc(Cl)c(Cl)c3)cc2)CO4)C(=O)O)cc1. The second-order valence-electron chi connectivity index (χ2n) is 12.9. The number of aliphatic carboxylic acids is 1. The molecule has 14 heteroatoms. The third-order valence-electron chi connectivity index (χ3n) is 9.05. The van der Waals surface area contributed by atoms with Crippen LogP contribution in [0.2, 0.25) is 10.0 Å². The van der Waals surface area contributed by atoms with Crippen LogP contribution in [0.5, 0.6) is 23.0 Å². The van der Waals surface area contributed by atoms with Crippen molar-refractivity contribution in [2.45, 2.75) is 58.0 Å². The van der Waals surface area contributed by atoms with Crippen LogP contribution in [-0.4, -0.2) is 54.7 Å². The molecule has 0 fully saturated rings. The highest BCUT2D eigenvalue weighted by Crippen LogP contribution is 2.41. The van der Waals surface area contributed by atoms with Crippen molar-refractivity contribution in [3.05, 3.63) is 129 Å². The van der Waals surface area contributed by atoms with Crippen LogP contribution < -0.4 is 24.3 Å². The smallest absolute Gasteiger partial charge is 0.326 e. The van der Waals surface area contributed by atoms with Gasteiger partial charge in [0.1, 0.15) is 36.8 Å². The molecule has 0 saturated heterocycles. The first-order chi connectivity index (χ1) is 25.3. The van der Waals surface area contributed by atoms with Crippen LogP contribution in [0, 0.1) is 0 Å². The molecule has 278 valence electrons. The lowest BCUT2D eigenvalue weighted by molar-refractivity contribution is -0.142. The fourth-order valence-corrected chi connectivity index (χ4v) is 7.41. The van der Waals surface area contributed by atoms with Crippen molar-refractivity contribution in [2.75, 3.05) is 12.9 Å². The van der Waals surface area contributed by atoms with Crippen LogP contribution >= 0.6 is 23.2 Å². The van der Waals surface area contributed by atoms with E-state index < -0.39 is 40.1 Å². The van der Waals surface area contributed by atoms with Crippen LogP contribution in [0.4, 0.5) is 0 Å². The van der Waals surface area contributed by atoms with Crippen LogP contribution in [0.1, 0.15) is 47.8 Å². The Morgan fingerprint density at radius 2 is 1.64 bits per heavy atom. The summed E-state index contributed by atoms with van der Waals surface area (Å²) in [5.41, 5.74) is 3.74. The number of carboxylic acids is 1. The van der Waals surface area contributed by atoms with Gasteiger partial charge in [-0.2, -0.15) is 4.31 Å². The van der Waals surface area contributed by atoms with Crippen molar-refractivity contribution < 1.29 is 42.1 Å². The summed E-state index contributed by atoms with van der Waals surface area (Å²) in [6.45, 7) is 4.10. The minimum Gasteiger partial charge on any atom is -0.489 e. The summed E-state index contributed by atoms with van der Waals surface area (Å²) in [7, 11) is -3.89. The van der Waals surface area contributed by atoms with Crippen molar-refractivity contribution in [2.24, 2.45) is 0 Å². The largest absolute Gasteiger partial charge is 0.489 e. The predicted octanol–water partition coefficient (Wildman–Crippen LogP) is 6.89. The Kier molecular flexibility index (Phi) is 11.5. The number of rotatable bonds is 12. The number of halogens is 2. The molecule has 3 atom stereocenters. The van der Waals surface area contributed by atoms with E-state index in [1.165, 1.54) is 0 Å². The van der Waals surface area contributed by atoms with Crippen molar-refractivity contribution in [1.29, 1.82) is 0 Å². The molecule has 2 aliphatic heterocycles. The summed E-state index contributed by atoms with van der Waals surface area (Å²) in [5.74, 6) is 0.914. The number of sulfonamides is 1. The van der Waals surface area contributed by atoms with Gasteiger partial charge in [0, 0.05) is 13.0 Å². The molecule has 0 aromatic heterocycles. The first kappa shape index (κ1) is 38.0. The number of carbonyl (C=O) groups is 2. The zero-order valence-electron chi connectivity index (χ0n) is 29.2. The minimum absolute atomic E-state index is 0.0134. The van der Waals surface area contributed by atoms with E-state index in [0.29, 0.717) is 62.1 Å². The monoisotopic (exact) mass is 780 g/mol. The second kappa shape index (κ2) is 16.1. The molecule has 11 nitrogen and oxygen atoms in total. The summed E-state index contributed by atoms with van der Waals surface area (Å²) in [6.07, 6.45) is 2.41. The number of fused-ring (bicyclic) bond motifs is 2. The Balaban J connectivity index is 1.13. The van der Waals surface area contributed by atoms with Gasteiger partial charge in [0.2, 0.25) is 15.9 Å². The van der Waals surface area contributed by atoms with Gasteiger partial charge in [0.25, 0.3) is 0 Å². The molecule has 4 aromatic rings. The fraction of sp³-hybridized carbons (Fsp3) is 0.282. The van der Waals surface area contributed by atoms with Gasteiger partial charge in [-0.1, -0.05) is 53.5 Å². The number of ether oxygens (including phenoxy) is 4. The van der Waals surface area contributed by atoms with Gasteiger partial charge >= 0.3 is 5.97 Å². The number of nitrogens with zero attached hydrogens (tertiary/aromatic N) is 1. The van der Waals surface area contributed by atoms with Crippen LogP contribution in [0.3, 0.4) is 0 Å². The molecule has 53 heavy (non-hydrogen) atoms. The highest BCUT2D eigenvalue weighted by Gasteiger charge is 2.39. The zero-order chi connectivity index (χ0) is 37.9. The lowest BCUT2D eigenvalue weighted by Crippen LogP contribution is -2.55. The third kappa shape index (κ3) is 9.25. The van der Waals surface area contributed by atoms with Gasteiger partial charge in [-0.25, -0.2) is 13.2 Å². The van der Waals surface area contributed by atoms with Crippen LogP contribution in [0.15, 0.2) is 90.7 Å². The molecule has 6 rings (SSSR count). The number of allylic oxidation sites excluding steroid dienone is 2. The number of carboxylic acid groups (broad SMARTS) is 1. The molecule has 0 aliphatic carbocycles. The molecular formula is C39H38Cl2N2O9S. The second-order valence-corrected chi connectivity index (χ2v) is 15.6. The Bertz CT molecular complexity index is 2140. The van der Waals surface area contributed by atoms with Crippen molar-refractivity contribution >= 4 is 45.1 Å². The molecule has 2 heterocycles. The molecule has 1 amide bonds.